The Morgan fingerprint density at radius 2 is 2.33 bits per heavy atom. The summed E-state index contributed by atoms with van der Waals surface area (Å²) in [6.45, 7) is 0. The van der Waals surface area contributed by atoms with Crippen LogP contribution in [0.1, 0.15) is 10.3 Å². The van der Waals surface area contributed by atoms with Crippen LogP contribution in [0.25, 0.3) is 0 Å². The molecule has 3 nitrogen and oxygen atoms in total. The fourth-order valence-electron chi connectivity index (χ4n) is 1.27. The van der Waals surface area contributed by atoms with Gasteiger partial charge >= 0.3 is 5.97 Å². The van der Waals surface area contributed by atoms with E-state index in [2.05, 4.69) is 37.2 Å². The maximum Gasteiger partial charge on any atom is 0.321 e. The summed E-state index contributed by atoms with van der Waals surface area (Å²) in [6, 6.07) is 1.59. The van der Waals surface area contributed by atoms with Gasteiger partial charge < -0.3 is 5.11 Å². The van der Waals surface area contributed by atoms with Gasteiger partial charge in [0.15, 0.2) is 0 Å². The molecule has 0 radical (unpaired) electrons. The van der Waals surface area contributed by atoms with E-state index >= 15 is 0 Å². The van der Waals surface area contributed by atoms with Crippen molar-refractivity contribution in [3.63, 3.8) is 0 Å². The first kappa shape index (κ1) is 11.9. The van der Waals surface area contributed by atoms with Crippen LogP contribution in [-0.2, 0) is 4.79 Å². The lowest BCUT2D eigenvalue weighted by atomic mass is 10.3. The molecule has 1 aliphatic heterocycles. The van der Waals surface area contributed by atoms with Crippen molar-refractivity contribution in [2.75, 3.05) is 5.75 Å². The molecule has 82 valence electrons. The summed E-state index contributed by atoms with van der Waals surface area (Å²) in [5.41, 5.74) is 0. The number of nitrogens with one attached hydrogen (secondary N) is 1. The fourth-order valence-corrected chi connectivity index (χ4v) is 4.77. The van der Waals surface area contributed by atoms with Gasteiger partial charge in [0.25, 0.3) is 0 Å². The third-order valence-corrected chi connectivity index (χ3v) is 6.72. The summed E-state index contributed by atoms with van der Waals surface area (Å²) < 4.78 is 2.06. The minimum atomic E-state index is -0.778. The van der Waals surface area contributed by atoms with Crippen molar-refractivity contribution >= 4 is 60.9 Å². The molecule has 2 atom stereocenters. The Morgan fingerprint density at radius 1 is 1.60 bits per heavy atom. The van der Waals surface area contributed by atoms with Gasteiger partial charge in [-0.05, 0) is 37.9 Å². The van der Waals surface area contributed by atoms with Gasteiger partial charge in [-0.3, -0.25) is 10.1 Å². The molecule has 1 saturated heterocycles. The molecule has 0 saturated carbocycles. The number of thioether (sulfide) groups is 1. The predicted octanol–water partition coefficient (Wildman–Crippen LogP) is 3.06. The van der Waals surface area contributed by atoms with E-state index in [9.17, 15) is 4.79 Å². The summed E-state index contributed by atoms with van der Waals surface area (Å²) >= 11 is 10.1. The molecule has 1 fully saturated rings. The maximum absolute atomic E-state index is 10.8. The van der Waals surface area contributed by atoms with Crippen LogP contribution in [0.5, 0.6) is 0 Å². The van der Waals surface area contributed by atoms with Crippen molar-refractivity contribution in [1.29, 1.82) is 0 Å². The van der Waals surface area contributed by atoms with E-state index in [-0.39, 0.29) is 5.37 Å². The highest BCUT2D eigenvalue weighted by atomic mass is 79.9. The zero-order valence-electron chi connectivity index (χ0n) is 7.37. The van der Waals surface area contributed by atoms with Gasteiger partial charge in [-0.25, -0.2) is 0 Å². The van der Waals surface area contributed by atoms with Crippen molar-refractivity contribution in [3.8, 4) is 0 Å². The molecule has 1 aromatic heterocycles. The zero-order valence-corrected chi connectivity index (χ0v) is 12.2. The van der Waals surface area contributed by atoms with Crippen LogP contribution in [-0.4, -0.2) is 22.9 Å². The minimum Gasteiger partial charge on any atom is -0.480 e. The number of aliphatic carboxylic acids is 1. The number of hydrogen-bond acceptors (Lipinski definition) is 4. The number of carbonyl (C=O) groups is 1. The molecule has 0 spiro atoms. The van der Waals surface area contributed by atoms with Crippen LogP contribution in [0.3, 0.4) is 0 Å². The summed E-state index contributed by atoms with van der Waals surface area (Å²) in [7, 11) is 0. The van der Waals surface area contributed by atoms with E-state index in [4.69, 9.17) is 5.11 Å². The van der Waals surface area contributed by atoms with E-state index in [1.54, 1.807) is 23.1 Å². The zero-order chi connectivity index (χ0) is 11.0. The Hall–Kier alpha value is 0.440. The molecule has 0 amide bonds. The Kier molecular flexibility index (Phi) is 3.77. The van der Waals surface area contributed by atoms with Crippen LogP contribution in [0.15, 0.2) is 14.3 Å². The lowest BCUT2D eigenvalue weighted by Crippen LogP contribution is -2.33. The van der Waals surface area contributed by atoms with E-state index in [1.165, 1.54) is 0 Å². The molecule has 2 heterocycles. The van der Waals surface area contributed by atoms with Gasteiger partial charge in [0.05, 0.1) is 9.16 Å². The average Bonchev–Trinajstić information content (AvgIpc) is 2.74. The molecular formula is C8H7Br2NO2S2. The molecule has 15 heavy (non-hydrogen) atoms. The molecule has 1 aliphatic rings. The highest BCUT2D eigenvalue weighted by Crippen LogP contribution is 2.41. The second-order valence-corrected chi connectivity index (χ2v) is 7.44. The summed E-state index contributed by atoms with van der Waals surface area (Å²) in [5.74, 6) is -0.160. The summed E-state index contributed by atoms with van der Waals surface area (Å²) in [5, 5.41) is 12.0. The number of halogens is 2. The molecule has 0 aliphatic carbocycles. The monoisotopic (exact) mass is 371 g/mol. The van der Waals surface area contributed by atoms with Gasteiger partial charge in [0.1, 0.15) is 6.04 Å². The first-order valence-electron chi connectivity index (χ1n) is 4.13. The van der Waals surface area contributed by atoms with Crippen LogP contribution < -0.4 is 5.32 Å². The van der Waals surface area contributed by atoms with Crippen LogP contribution in [0, 0.1) is 0 Å². The van der Waals surface area contributed by atoms with Crippen molar-refractivity contribution < 1.29 is 9.90 Å². The Bertz CT molecular complexity index is 376. The van der Waals surface area contributed by atoms with Gasteiger partial charge in [0.2, 0.25) is 0 Å². The number of hydrogen-bond donors (Lipinski definition) is 2. The van der Waals surface area contributed by atoms with Crippen molar-refractivity contribution in [1.82, 2.24) is 5.32 Å². The Balaban J connectivity index is 2.11. The smallest absolute Gasteiger partial charge is 0.321 e. The molecule has 7 heteroatoms. The first-order valence-corrected chi connectivity index (χ1v) is 7.58. The highest BCUT2D eigenvalue weighted by molar-refractivity contribution is 9.13. The topological polar surface area (TPSA) is 49.3 Å². The van der Waals surface area contributed by atoms with E-state index in [1.807, 2.05) is 6.07 Å². The van der Waals surface area contributed by atoms with Gasteiger partial charge in [-0.1, -0.05) is 0 Å². The lowest BCUT2D eigenvalue weighted by Gasteiger charge is -2.07. The Labute approximate surface area is 112 Å². The third kappa shape index (κ3) is 2.58. The molecule has 1 aromatic rings. The van der Waals surface area contributed by atoms with E-state index < -0.39 is 12.0 Å². The van der Waals surface area contributed by atoms with Crippen molar-refractivity contribution in [3.05, 3.63) is 19.2 Å². The third-order valence-electron chi connectivity index (χ3n) is 2.00. The summed E-state index contributed by atoms with van der Waals surface area (Å²) in [4.78, 5) is 11.9. The van der Waals surface area contributed by atoms with Crippen LogP contribution in [0.2, 0.25) is 0 Å². The maximum atomic E-state index is 10.8. The lowest BCUT2D eigenvalue weighted by molar-refractivity contribution is -0.138. The number of thiophene rings is 1. The summed E-state index contributed by atoms with van der Waals surface area (Å²) in [6.07, 6.45) is 0. The molecular weight excluding hydrogens is 366 g/mol. The van der Waals surface area contributed by atoms with Gasteiger partial charge in [-0.15, -0.1) is 23.1 Å². The van der Waals surface area contributed by atoms with Crippen molar-refractivity contribution in [2.45, 2.75) is 11.4 Å². The van der Waals surface area contributed by atoms with Gasteiger partial charge in [0, 0.05) is 15.1 Å². The quantitative estimate of drug-likeness (QED) is 0.837. The first-order chi connectivity index (χ1) is 7.08. The number of carboxylic acids is 1. The number of rotatable bonds is 2. The molecule has 0 bridgehead atoms. The molecule has 2 rings (SSSR count). The second kappa shape index (κ2) is 4.75. The fraction of sp³-hybridized carbons (Fsp3) is 0.375. The van der Waals surface area contributed by atoms with E-state index in [0.29, 0.717) is 5.75 Å². The average molecular weight is 373 g/mol. The van der Waals surface area contributed by atoms with Gasteiger partial charge in [-0.2, -0.15) is 0 Å². The SMILES string of the molecule is O=C(O)[C@H]1CS[C@@H](c2cc(Br)c(Br)s2)N1. The van der Waals surface area contributed by atoms with E-state index in [0.717, 1.165) is 13.1 Å². The second-order valence-electron chi connectivity index (χ2n) is 3.04. The van der Waals surface area contributed by atoms with Crippen molar-refractivity contribution in [2.24, 2.45) is 0 Å². The largest absolute Gasteiger partial charge is 0.480 e. The van der Waals surface area contributed by atoms with Crippen LogP contribution in [0.4, 0.5) is 0 Å². The predicted molar refractivity (Wildman–Crippen MR) is 69.5 cm³/mol. The Morgan fingerprint density at radius 3 is 2.80 bits per heavy atom. The standard InChI is InChI=1S/C8H7Br2NO2S2/c9-3-1-5(15-6(3)10)7-11-4(2-14-7)8(12)13/h1,4,7,11H,2H2,(H,12,13)/t4-,7+/m1/s1. The minimum absolute atomic E-state index is 0.0960. The molecule has 0 aromatic carbocycles. The molecule has 2 N–H and O–H groups in total. The normalized spacial score (nSPS) is 25.7. The van der Waals surface area contributed by atoms with Crippen LogP contribution >= 0.6 is 55.0 Å². The highest BCUT2D eigenvalue weighted by Gasteiger charge is 2.31. The number of carboxylic acid groups (broad SMARTS) is 1. The molecule has 0 unspecified atom stereocenters.